The highest BCUT2D eigenvalue weighted by Gasteiger charge is 2.48. The van der Waals surface area contributed by atoms with Crippen molar-refractivity contribution < 1.29 is 17.6 Å². The first kappa shape index (κ1) is 21.4. The predicted octanol–water partition coefficient (Wildman–Crippen LogP) is 4.25. The van der Waals surface area contributed by atoms with Crippen molar-refractivity contribution in [3.63, 3.8) is 0 Å². The van der Waals surface area contributed by atoms with Crippen molar-refractivity contribution in [2.45, 2.75) is 44.4 Å². The largest absolute Gasteiger partial charge is 0.432 e. The van der Waals surface area contributed by atoms with Gasteiger partial charge in [0.25, 0.3) is 0 Å². The third-order valence-corrected chi connectivity index (χ3v) is 6.59. The van der Waals surface area contributed by atoms with Crippen molar-refractivity contribution in [2.75, 3.05) is 0 Å². The Labute approximate surface area is 177 Å². The van der Waals surface area contributed by atoms with Gasteiger partial charge in [-0.25, -0.2) is 9.24 Å². The van der Waals surface area contributed by atoms with Crippen molar-refractivity contribution in [1.29, 1.82) is 5.26 Å². The van der Waals surface area contributed by atoms with Crippen molar-refractivity contribution in [2.24, 2.45) is 17.8 Å². The SMILES string of the molecule is [C-]#[N+]C1=C(c2ccc(F)cc2)NC(C(F)(F)F)=C(C#N)C1C1CCC2NNC(C)C2C1. The minimum absolute atomic E-state index is 0.0100. The quantitative estimate of drug-likeness (QED) is 0.484. The van der Waals surface area contributed by atoms with Gasteiger partial charge in [0.15, 0.2) is 5.70 Å². The molecule has 1 aliphatic carbocycles. The van der Waals surface area contributed by atoms with E-state index in [2.05, 4.69) is 21.0 Å². The topological polar surface area (TPSA) is 64.2 Å². The number of nitriles is 1. The second kappa shape index (κ2) is 7.99. The van der Waals surface area contributed by atoms with Gasteiger partial charge >= 0.3 is 6.18 Å². The van der Waals surface area contributed by atoms with Gasteiger partial charge in [0.1, 0.15) is 11.5 Å². The molecule has 4 rings (SSSR count). The molecule has 0 amide bonds. The van der Waals surface area contributed by atoms with Gasteiger partial charge in [0.05, 0.1) is 18.2 Å². The molecule has 2 aliphatic heterocycles. The van der Waals surface area contributed by atoms with Gasteiger partial charge in [0.2, 0.25) is 0 Å². The van der Waals surface area contributed by atoms with Crippen molar-refractivity contribution >= 4 is 5.70 Å². The van der Waals surface area contributed by atoms with Gasteiger partial charge in [-0.15, -0.1) is 0 Å². The maximum absolute atomic E-state index is 13.9. The summed E-state index contributed by atoms with van der Waals surface area (Å²) < 4.78 is 55.2. The number of fused-ring (bicyclic) bond motifs is 1. The molecule has 162 valence electrons. The summed E-state index contributed by atoms with van der Waals surface area (Å²) in [6.07, 6.45) is -2.85. The number of hydrogen-bond donors (Lipinski definition) is 3. The van der Waals surface area contributed by atoms with Gasteiger partial charge in [-0.05, 0) is 55.7 Å². The average molecular weight is 431 g/mol. The molecule has 1 aromatic rings. The monoisotopic (exact) mass is 431 g/mol. The molecule has 2 heterocycles. The fraction of sp³-hybridized carbons (Fsp3) is 0.455. The molecule has 0 spiro atoms. The van der Waals surface area contributed by atoms with E-state index in [0.717, 1.165) is 18.6 Å². The van der Waals surface area contributed by atoms with E-state index in [9.17, 15) is 22.8 Å². The van der Waals surface area contributed by atoms with Crippen LogP contribution < -0.4 is 16.2 Å². The first-order valence-corrected chi connectivity index (χ1v) is 10.1. The molecule has 3 aliphatic rings. The number of rotatable bonds is 2. The van der Waals surface area contributed by atoms with E-state index < -0.39 is 29.2 Å². The van der Waals surface area contributed by atoms with Crippen LogP contribution in [-0.2, 0) is 0 Å². The second-order valence-electron chi connectivity index (χ2n) is 8.30. The fourth-order valence-electron chi connectivity index (χ4n) is 5.09. The molecule has 9 heteroatoms. The summed E-state index contributed by atoms with van der Waals surface area (Å²) in [5.74, 6) is -1.57. The molecular weight excluding hydrogens is 410 g/mol. The molecule has 0 aromatic heterocycles. The lowest BCUT2D eigenvalue weighted by Gasteiger charge is -2.39. The Morgan fingerprint density at radius 2 is 1.87 bits per heavy atom. The normalized spacial score (nSPS) is 31.0. The summed E-state index contributed by atoms with van der Waals surface area (Å²) in [4.78, 5) is 3.59. The number of nitrogens with zero attached hydrogens (tertiary/aromatic N) is 2. The second-order valence-corrected chi connectivity index (χ2v) is 8.30. The fourth-order valence-corrected chi connectivity index (χ4v) is 5.09. The molecule has 5 nitrogen and oxygen atoms in total. The summed E-state index contributed by atoms with van der Waals surface area (Å²) in [5, 5.41) is 12.0. The molecule has 1 aromatic carbocycles. The summed E-state index contributed by atoms with van der Waals surface area (Å²) in [6.45, 7) is 9.77. The first-order valence-electron chi connectivity index (χ1n) is 10.1. The van der Waals surface area contributed by atoms with Crippen molar-refractivity contribution in [3.05, 3.63) is 64.0 Å². The number of hydrazine groups is 1. The molecule has 0 bridgehead atoms. The number of halogens is 4. The molecule has 1 saturated heterocycles. The smallest absolute Gasteiger partial charge is 0.360 e. The molecular formula is C22H21F4N5. The van der Waals surface area contributed by atoms with Crippen molar-refractivity contribution in [3.8, 4) is 6.07 Å². The average Bonchev–Trinajstić information content (AvgIpc) is 3.12. The van der Waals surface area contributed by atoms with Crippen LogP contribution in [0.5, 0.6) is 0 Å². The lowest BCUT2D eigenvalue weighted by Crippen LogP contribution is -2.40. The lowest BCUT2D eigenvalue weighted by atomic mass is 9.67. The number of hydrogen-bond acceptors (Lipinski definition) is 4. The number of allylic oxidation sites excluding steroid dienone is 2. The van der Waals surface area contributed by atoms with Crippen LogP contribution in [0.15, 0.2) is 41.2 Å². The van der Waals surface area contributed by atoms with E-state index in [1.54, 1.807) is 6.07 Å². The molecule has 5 unspecified atom stereocenters. The van der Waals surface area contributed by atoms with Crippen LogP contribution in [-0.4, -0.2) is 18.3 Å². The standard InChI is InChI=1S/C22H21F4N5/c1-11-15-9-13(5-8-17(15)31-30-11)18-16(10-27)21(22(24,25)26)29-19(20(18)28-2)12-3-6-14(23)7-4-12/h3-4,6-7,11,13,15,17-18,29-31H,5,8-9H2,1H3. The van der Waals surface area contributed by atoms with Gasteiger partial charge in [-0.2, -0.15) is 18.4 Å². The van der Waals surface area contributed by atoms with E-state index in [-0.39, 0.29) is 40.9 Å². The Hall–Kier alpha value is -2.88. The highest BCUT2D eigenvalue weighted by atomic mass is 19.4. The van der Waals surface area contributed by atoms with Crippen LogP contribution in [0.1, 0.15) is 31.7 Å². The van der Waals surface area contributed by atoms with Crippen LogP contribution in [0.4, 0.5) is 17.6 Å². The van der Waals surface area contributed by atoms with Gasteiger partial charge < -0.3 is 5.32 Å². The van der Waals surface area contributed by atoms with Crippen LogP contribution in [0.25, 0.3) is 10.5 Å². The van der Waals surface area contributed by atoms with Crippen LogP contribution in [0.2, 0.25) is 0 Å². The van der Waals surface area contributed by atoms with Crippen LogP contribution >= 0.6 is 0 Å². The zero-order chi connectivity index (χ0) is 22.3. The third-order valence-electron chi connectivity index (χ3n) is 6.59. The Morgan fingerprint density at radius 1 is 1.16 bits per heavy atom. The summed E-state index contributed by atoms with van der Waals surface area (Å²) in [5.41, 5.74) is 5.17. The van der Waals surface area contributed by atoms with E-state index in [1.165, 1.54) is 12.1 Å². The van der Waals surface area contributed by atoms with Gasteiger partial charge in [-0.3, -0.25) is 10.9 Å². The maximum atomic E-state index is 13.9. The third kappa shape index (κ3) is 3.80. The zero-order valence-electron chi connectivity index (χ0n) is 16.7. The molecule has 0 radical (unpaired) electrons. The van der Waals surface area contributed by atoms with E-state index in [1.807, 2.05) is 6.92 Å². The van der Waals surface area contributed by atoms with Crippen LogP contribution in [0.3, 0.4) is 0 Å². The van der Waals surface area contributed by atoms with E-state index in [0.29, 0.717) is 12.8 Å². The molecule has 3 N–H and O–H groups in total. The maximum Gasteiger partial charge on any atom is 0.432 e. The number of dihydropyridines is 1. The molecule has 31 heavy (non-hydrogen) atoms. The Morgan fingerprint density at radius 3 is 2.48 bits per heavy atom. The number of nitrogens with one attached hydrogen (secondary N) is 3. The summed E-state index contributed by atoms with van der Waals surface area (Å²) in [6, 6.07) is 7.08. The molecule has 1 saturated carbocycles. The van der Waals surface area contributed by atoms with Crippen LogP contribution in [0, 0.1) is 41.5 Å². The minimum atomic E-state index is -4.79. The summed E-state index contributed by atoms with van der Waals surface area (Å²) in [7, 11) is 0. The Bertz CT molecular complexity index is 1010. The van der Waals surface area contributed by atoms with Crippen molar-refractivity contribution in [1.82, 2.24) is 16.2 Å². The Kier molecular flexibility index (Phi) is 5.50. The van der Waals surface area contributed by atoms with E-state index in [4.69, 9.17) is 6.57 Å². The van der Waals surface area contributed by atoms with Gasteiger partial charge in [0, 0.05) is 23.7 Å². The number of alkyl halides is 3. The van der Waals surface area contributed by atoms with E-state index >= 15 is 0 Å². The summed E-state index contributed by atoms with van der Waals surface area (Å²) >= 11 is 0. The molecule has 2 fully saturated rings. The highest BCUT2D eigenvalue weighted by molar-refractivity contribution is 5.74. The van der Waals surface area contributed by atoms with Gasteiger partial charge in [-0.1, -0.05) is 12.1 Å². The highest BCUT2D eigenvalue weighted by Crippen LogP contribution is 2.48. The zero-order valence-corrected chi connectivity index (χ0v) is 16.7. The molecule has 5 atom stereocenters. The Balaban J connectivity index is 1.83. The first-order chi connectivity index (χ1) is 14.7. The number of benzene rings is 1. The lowest BCUT2D eigenvalue weighted by molar-refractivity contribution is -0.0966. The minimum Gasteiger partial charge on any atom is -0.360 e. The predicted molar refractivity (Wildman–Crippen MR) is 106 cm³/mol.